The number of phenols is 1. The van der Waals surface area contributed by atoms with Gasteiger partial charge in [-0.3, -0.25) is 9.59 Å². The maximum absolute atomic E-state index is 13.6. The van der Waals surface area contributed by atoms with Gasteiger partial charge in [0.15, 0.2) is 5.78 Å². The lowest BCUT2D eigenvalue weighted by Crippen LogP contribution is -2.28. The van der Waals surface area contributed by atoms with Crippen LogP contribution in [-0.2, 0) is 6.54 Å². The minimum atomic E-state index is -0.590. The Labute approximate surface area is 154 Å². The maximum Gasteiger partial charge on any atom is 0.291 e. The number of anilines is 2. The third-order valence-corrected chi connectivity index (χ3v) is 4.07. The van der Waals surface area contributed by atoms with E-state index in [0.717, 1.165) is 12.1 Å². The monoisotopic (exact) mass is 367 g/mol. The van der Waals surface area contributed by atoms with Crippen LogP contribution in [0.3, 0.4) is 0 Å². The first-order valence-corrected chi connectivity index (χ1v) is 8.39. The highest BCUT2D eigenvalue weighted by molar-refractivity contribution is 6.05. The van der Waals surface area contributed by atoms with Crippen LogP contribution in [0.1, 0.15) is 24.2 Å². The highest BCUT2D eigenvalue weighted by Crippen LogP contribution is 2.31. The summed E-state index contributed by atoms with van der Waals surface area (Å²) in [5.41, 5.74) is 0.478. The second kappa shape index (κ2) is 7.41. The average Bonchev–Trinajstić information content (AvgIpc) is 2.66. The van der Waals surface area contributed by atoms with Crippen LogP contribution in [0.2, 0.25) is 0 Å². The van der Waals surface area contributed by atoms with Gasteiger partial charge < -0.3 is 10.4 Å². The van der Waals surface area contributed by atoms with Gasteiger partial charge in [-0.05, 0) is 26.0 Å². The topological polar surface area (TPSA) is 84.2 Å². The molecule has 0 amide bonds. The van der Waals surface area contributed by atoms with E-state index in [2.05, 4.69) is 10.4 Å². The van der Waals surface area contributed by atoms with Gasteiger partial charge in [0, 0.05) is 18.2 Å². The van der Waals surface area contributed by atoms with Crippen LogP contribution in [0.15, 0.2) is 53.3 Å². The Bertz CT molecular complexity index is 1060. The van der Waals surface area contributed by atoms with E-state index in [1.165, 1.54) is 17.7 Å². The number of aryl methyl sites for hydroxylation is 1. The van der Waals surface area contributed by atoms with Crippen LogP contribution >= 0.6 is 0 Å². The number of hydrogen-bond donors (Lipinski definition) is 2. The number of rotatable bonds is 5. The third-order valence-electron chi connectivity index (χ3n) is 4.07. The third kappa shape index (κ3) is 3.57. The fraction of sp³-hybridized carbons (Fsp3) is 0.150. The van der Waals surface area contributed by atoms with Crippen LogP contribution in [0, 0.1) is 5.82 Å². The lowest BCUT2D eigenvalue weighted by Gasteiger charge is -2.16. The number of phenolic OH excluding ortho intramolecular Hbond substituents is 1. The number of hydrogen-bond acceptors (Lipinski definition) is 5. The SMILES string of the molecule is CCn1nc(-c2ccccc2)c(C(C)=O)c(Nc2cc(F)ccc2O)c1=O. The number of halogens is 1. The molecule has 0 aliphatic carbocycles. The van der Waals surface area contributed by atoms with E-state index in [1.807, 2.05) is 6.07 Å². The van der Waals surface area contributed by atoms with Crippen molar-refractivity contribution in [3.05, 3.63) is 70.3 Å². The minimum Gasteiger partial charge on any atom is -0.506 e. The fourth-order valence-corrected chi connectivity index (χ4v) is 2.78. The smallest absolute Gasteiger partial charge is 0.291 e. The van der Waals surface area contributed by atoms with Crippen LogP contribution in [0.25, 0.3) is 11.3 Å². The maximum atomic E-state index is 13.6. The summed E-state index contributed by atoms with van der Waals surface area (Å²) in [5, 5.41) is 17.1. The molecule has 1 heterocycles. The number of nitrogens with one attached hydrogen (secondary N) is 1. The molecule has 0 saturated heterocycles. The number of nitrogens with zero attached hydrogens (tertiary/aromatic N) is 2. The number of aromatic nitrogens is 2. The highest BCUT2D eigenvalue weighted by atomic mass is 19.1. The molecule has 138 valence electrons. The molecule has 1 aromatic heterocycles. The summed E-state index contributed by atoms with van der Waals surface area (Å²) < 4.78 is 14.8. The van der Waals surface area contributed by atoms with Gasteiger partial charge in [-0.1, -0.05) is 30.3 Å². The van der Waals surface area contributed by atoms with Crippen molar-refractivity contribution in [1.82, 2.24) is 9.78 Å². The summed E-state index contributed by atoms with van der Waals surface area (Å²) in [5.74, 6) is -1.21. The normalized spacial score (nSPS) is 10.6. The van der Waals surface area contributed by atoms with Crippen molar-refractivity contribution in [2.45, 2.75) is 20.4 Å². The molecule has 2 N–H and O–H groups in total. The van der Waals surface area contributed by atoms with Crippen molar-refractivity contribution < 1.29 is 14.3 Å². The van der Waals surface area contributed by atoms with Crippen molar-refractivity contribution in [2.24, 2.45) is 0 Å². The van der Waals surface area contributed by atoms with Crippen molar-refractivity contribution >= 4 is 17.2 Å². The number of benzene rings is 2. The van der Waals surface area contributed by atoms with E-state index in [9.17, 15) is 19.1 Å². The quantitative estimate of drug-likeness (QED) is 0.530. The predicted molar refractivity (Wildman–Crippen MR) is 101 cm³/mol. The van der Waals surface area contributed by atoms with E-state index in [1.54, 1.807) is 31.2 Å². The number of carbonyl (C=O) groups is 1. The van der Waals surface area contributed by atoms with Gasteiger partial charge in [-0.25, -0.2) is 9.07 Å². The van der Waals surface area contributed by atoms with Gasteiger partial charge in [0.2, 0.25) is 0 Å². The zero-order valence-electron chi connectivity index (χ0n) is 14.9. The summed E-state index contributed by atoms with van der Waals surface area (Å²) in [7, 11) is 0. The van der Waals surface area contributed by atoms with Gasteiger partial charge in [0.05, 0.1) is 11.3 Å². The first kappa shape index (κ1) is 18.3. The first-order valence-electron chi connectivity index (χ1n) is 8.39. The van der Waals surface area contributed by atoms with E-state index in [-0.39, 0.29) is 35.0 Å². The molecule has 0 saturated carbocycles. The summed E-state index contributed by atoms with van der Waals surface area (Å²) in [6.07, 6.45) is 0. The molecule has 7 heteroatoms. The van der Waals surface area contributed by atoms with E-state index >= 15 is 0 Å². The van der Waals surface area contributed by atoms with E-state index < -0.39 is 11.4 Å². The Morgan fingerprint density at radius 2 is 1.93 bits per heavy atom. The van der Waals surface area contributed by atoms with E-state index in [0.29, 0.717) is 11.3 Å². The van der Waals surface area contributed by atoms with Crippen molar-refractivity contribution in [3.8, 4) is 17.0 Å². The Balaban J connectivity index is 2.30. The Morgan fingerprint density at radius 1 is 1.22 bits per heavy atom. The van der Waals surface area contributed by atoms with Crippen LogP contribution in [0.4, 0.5) is 15.8 Å². The predicted octanol–water partition coefficient (Wildman–Crippen LogP) is 3.72. The molecular formula is C20H18FN3O3. The van der Waals surface area contributed by atoms with Gasteiger partial charge in [0.25, 0.3) is 5.56 Å². The molecule has 0 unspecified atom stereocenters. The highest BCUT2D eigenvalue weighted by Gasteiger charge is 2.22. The number of ketones is 1. The first-order chi connectivity index (χ1) is 12.9. The lowest BCUT2D eigenvalue weighted by atomic mass is 10.0. The second-order valence-corrected chi connectivity index (χ2v) is 5.93. The van der Waals surface area contributed by atoms with E-state index in [4.69, 9.17) is 0 Å². The van der Waals surface area contributed by atoms with Gasteiger partial charge in [-0.15, -0.1) is 0 Å². The minimum absolute atomic E-state index is 0.0116. The molecule has 0 spiro atoms. The summed E-state index contributed by atoms with van der Waals surface area (Å²) in [4.78, 5) is 25.2. The summed E-state index contributed by atoms with van der Waals surface area (Å²) in [6, 6.07) is 12.3. The number of Topliss-reactive ketones (excluding diaryl/α,β-unsaturated/α-hetero) is 1. The zero-order chi connectivity index (χ0) is 19.6. The van der Waals surface area contributed by atoms with Crippen molar-refractivity contribution in [3.63, 3.8) is 0 Å². The standard InChI is InChI=1S/C20H18FN3O3/c1-3-24-20(27)19(22-15-11-14(21)9-10-16(15)26)17(12(2)25)18(23-24)13-7-5-4-6-8-13/h4-11,22,26H,3H2,1-2H3. The largest absolute Gasteiger partial charge is 0.506 e. The van der Waals surface area contributed by atoms with Crippen LogP contribution in [0.5, 0.6) is 5.75 Å². The molecule has 0 bridgehead atoms. The Kier molecular flexibility index (Phi) is 5.03. The van der Waals surface area contributed by atoms with Gasteiger partial charge in [-0.2, -0.15) is 5.10 Å². The van der Waals surface area contributed by atoms with Gasteiger partial charge in [0.1, 0.15) is 22.9 Å². The van der Waals surface area contributed by atoms with Crippen molar-refractivity contribution in [1.29, 1.82) is 0 Å². The zero-order valence-corrected chi connectivity index (χ0v) is 14.9. The molecule has 3 rings (SSSR count). The van der Waals surface area contributed by atoms with Crippen LogP contribution < -0.4 is 10.9 Å². The van der Waals surface area contributed by atoms with Gasteiger partial charge >= 0.3 is 0 Å². The van der Waals surface area contributed by atoms with Crippen molar-refractivity contribution in [2.75, 3.05) is 5.32 Å². The molecule has 0 atom stereocenters. The summed E-state index contributed by atoms with van der Waals surface area (Å²) in [6.45, 7) is 3.36. The fourth-order valence-electron chi connectivity index (χ4n) is 2.78. The molecule has 0 fully saturated rings. The average molecular weight is 367 g/mol. The molecule has 0 aliphatic heterocycles. The summed E-state index contributed by atoms with van der Waals surface area (Å²) >= 11 is 0. The molecule has 6 nitrogen and oxygen atoms in total. The molecule has 0 aliphatic rings. The molecule has 2 aromatic carbocycles. The van der Waals surface area contributed by atoms with Crippen LogP contribution in [-0.4, -0.2) is 20.7 Å². The molecule has 0 radical (unpaired) electrons. The second-order valence-electron chi connectivity index (χ2n) is 5.93. The molecule has 3 aromatic rings. The Morgan fingerprint density at radius 3 is 2.56 bits per heavy atom. The number of aromatic hydroxyl groups is 1. The molecule has 27 heavy (non-hydrogen) atoms. The molecular weight excluding hydrogens is 349 g/mol. The lowest BCUT2D eigenvalue weighted by molar-refractivity contribution is 0.101. The number of carbonyl (C=O) groups excluding carboxylic acids is 1. The Hall–Kier alpha value is -3.48.